The van der Waals surface area contributed by atoms with Crippen molar-refractivity contribution in [1.82, 2.24) is 5.48 Å². The SMILES string of the molecule is Cc1ccc2c(c1)O/C(=C1/C(=O)ONC1C)N2C1CCCCC1. The Balaban J connectivity index is 1.82. The molecule has 1 aromatic rings. The van der Waals surface area contributed by atoms with E-state index in [0.717, 1.165) is 29.8 Å². The smallest absolute Gasteiger partial charge is 0.359 e. The van der Waals surface area contributed by atoms with Crippen molar-refractivity contribution in [3.8, 4) is 5.75 Å². The summed E-state index contributed by atoms with van der Waals surface area (Å²) in [5, 5.41) is 0. The summed E-state index contributed by atoms with van der Waals surface area (Å²) in [6.07, 6.45) is 6.00. The van der Waals surface area contributed by atoms with Crippen molar-refractivity contribution in [3.63, 3.8) is 0 Å². The van der Waals surface area contributed by atoms with Crippen LogP contribution in [0.25, 0.3) is 0 Å². The minimum atomic E-state index is -0.335. The number of carbonyl (C=O) groups excluding carboxylic acids is 1. The second kappa shape index (κ2) is 5.57. The molecular formula is C18H22N2O3. The van der Waals surface area contributed by atoms with Crippen molar-refractivity contribution < 1.29 is 14.4 Å². The maximum Gasteiger partial charge on any atom is 0.359 e. The van der Waals surface area contributed by atoms with Crippen LogP contribution >= 0.6 is 0 Å². The molecular weight excluding hydrogens is 292 g/mol. The summed E-state index contributed by atoms with van der Waals surface area (Å²) in [6, 6.07) is 6.46. The van der Waals surface area contributed by atoms with E-state index in [0.29, 0.717) is 17.5 Å². The minimum absolute atomic E-state index is 0.168. The summed E-state index contributed by atoms with van der Waals surface area (Å²) < 4.78 is 6.14. The molecule has 122 valence electrons. The van der Waals surface area contributed by atoms with Crippen LogP contribution in [0, 0.1) is 6.92 Å². The fraction of sp³-hybridized carbons (Fsp3) is 0.500. The highest BCUT2D eigenvalue weighted by Crippen LogP contribution is 2.45. The first-order valence-corrected chi connectivity index (χ1v) is 8.44. The van der Waals surface area contributed by atoms with E-state index in [-0.39, 0.29) is 12.0 Å². The Kier molecular flexibility index (Phi) is 3.53. The van der Waals surface area contributed by atoms with Gasteiger partial charge in [0, 0.05) is 6.04 Å². The Bertz CT molecular complexity index is 677. The lowest BCUT2D eigenvalue weighted by atomic mass is 9.93. The lowest BCUT2D eigenvalue weighted by Gasteiger charge is -2.32. The fourth-order valence-corrected chi connectivity index (χ4v) is 3.76. The third-order valence-electron chi connectivity index (χ3n) is 4.95. The van der Waals surface area contributed by atoms with Crippen molar-refractivity contribution in [2.45, 2.75) is 58.0 Å². The van der Waals surface area contributed by atoms with Crippen LogP contribution in [0.2, 0.25) is 0 Å². The largest absolute Gasteiger partial charge is 0.438 e. The van der Waals surface area contributed by atoms with Crippen LogP contribution in [-0.4, -0.2) is 18.1 Å². The molecule has 0 radical (unpaired) electrons. The standard InChI is InChI=1S/C18H22N2O3/c1-11-8-9-14-15(10-11)22-17(16-12(2)19-23-18(16)21)20(14)13-6-4-3-5-7-13/h8-10,12-13,19H,3-7H2,1-2H3/b17-16+. The van der Waals surface area contributed by atoms with E-state index >= 15 is 0 Å². The first kappa shape index (κ1) is 14.6. The van der Waals surface area contributed by atoms with Gasteiger partial charge >= 0.3 is 5.97 Å². The molecule has 5 nitrogen and oxygen atoms in total. The first-order valence-electron chi connectivity index (χ1n) is 8.44. The van der Waals surface area contributed by atoms with Crippen LogP contribution < -0.4 is 15.1 Å². The summed E-state index contributed by atoms with van der Waals surface area (Å²) in [5.41, 5.74) is 5.55. The summed E-state index contributed by atoms with van der Waals surface area (Å²) in [4.78, 5) is 19.4. The Morgan fingerprint density at radius 3 is 2.70 bits per heavy atom. The molecule has 1 aromatic carbocycles. The van der Waals surface area contributed by atoms with Gasteiger partial charge in [0.1, 0.15) is 5.57 Å². The molecule has 0 spiro atoms. The van der Waals surface area contributed by atoms with Gasteiger partial charge in [-0.05, 0) is 44.4 Å². The highest BCUT2D eigenvalue weighted by atomic mass is 16.7. The predicted molar refractivity (Wildman–Crippen MR) is 86.9 cm³/mol. The van der Waals surface area contributed by atoms with Crippen molar-refractivity contribution in [3.05, 3.63) is 35.2 Å². The van der Waals surface area contributed by atoms with Crippen LogP contribution in [0.4, 0.5) is 5.69 Å². The van der Waals surface area contributed by atoms with Gasteiger partial charge in [-0.25, -0.2) is 4.79 Å². The summed E-state index contributed by atoms with van der Waals surface area (Å²) in [6.45, 7) is 3.97. The Morgan fingerprint density at radius 2 is 2.00 bits per heavy atom. The van der Waals surface area contributed by atoms with Gasteiger partial charge < -0.3 is 14.5 Å². The number of benzene rings is 1. The Labute approximate surface area is 136 Å². The van der Waals surface area contributed by atoms with E-state index in [4.69, 9.17) is 9.57 Å². The van der Waals surface area contributed by atoms with Crippen molar-refractivity contribution in [2.24, 2.45) is 0 Å². The van der Waals surface area contributed by atoms with Crippen LogP contribution in [0.3, 0.4) is 0 Å². The number of hydrogen-bond donors (Lipinski definition) is 1. The normalized spacial score (nSPS) is 27.8. The van der Waals surface area contributed by atoms with Gasteiger partial charge in [0.15, 0.2) is 5.75 Å². The van der Waals surface area contributed by atoms with Crippen LogP contribution in [0.15, 0.2) is 29.7 Å². The number of fused-ring (bicyclic) bond motifs is 1. The monoisotopic (exact) mass is 314 g/mol. The molecule has 1 saturated heterocycles. The van der Waals surface area contributed by atoms with Gasteiger partial charge in [0.25, 0.3) is 0 Å². The molecule has 5 heteroatoms. The number of rotatable bonds is 1. The van der Waals surface area contributed by atoms with E-state index in [1.54, 1.807) is 0 Å². The Hall–Kier alpha value is -2.01. The summed E-state index contributed by atoms with van der Waals surface area (Å²) >= 11 is 0. The molecule has 2 aliphatic heterocycles. The van der Waals surface area contributed by atoms with Gasteiger partial charge in [0.05, 0.1) is 11.7 Å². The molecule has 4 rings (SSSR count). The fourth-order valence-electron chi connectivity index (χ4n) is 3.76. The number of nitrogens with one attached hydrogen (secondary N) is 1. The van der Waals surface area contributed by atoms with E-state index in [1.165, 1.54) is 19.3 Å². The van der Waals surface area contributed by atoms with Crippen molar-refractivity contribution >= 4 is 11.7 Å². The average Bonchev–Trinajstić information content (AvgIpc) is 3.07. The minimum Gasteiger partial charge on any atom is -0.438 e. The molecule has 0 aromatic heterocycles. The van der Waals surface area contributed by atoms with Crippen molar-refractivity contribution in [1.29, 1.82) is 0 Å². The molecule has 1 atom stereocenters. The molecule has 3 aliphatic rings. The lowest BCUT2D eigenvalue weighted by molar-refractivity contribution is -0.140. The van der Waals surface area contributed by atoms with E-state index in [1.807, 2.05) is 19.9 Å². The average molecular weight is 314 g/mol. The van der Waals surface area contributed by atoms with Gasteiger partial charge in [-0.1, -0.05) is 25.3 Å². The molecule has 1 unspecified atom stereocenters. The molecule has 1 N–H and O–H groups in total. The van der Waals surface area contributed by atoms with Gasteiger partial charge in [-0.15, -0.1) is 5.48 Å². The zero-order valence-corrected chi connectivity index (χ0v) is 13.6. The summed E-state index contributed by atoms with van der Waals surface area (Å²) in [7, 11) is 0. The number of hydroxylamine groups is 1. The zero-order chi connectivity index (χ0) is 16.0. The Morgan fingerprint density at radius 1 is 1.22 bits per heavy atom. The molecule has 1 aliphatic carbocycles. The molecule has 0 amide bonds. The van der Waals surface area contributed by atoms with E-state index < -0.39 is 0 Å². The highest BCUT2D eigenvalue weighted by molar-refractivity contribution is 5.93. The number of ether oxygens (including phenoxy) is 1. The van der Waals surface area contributed by atoms with Crippen LogP contribution in [0.1, 0.15) is 44.6 Å². The number of anilines is 1. The second-order valence-electron chi connectivity index (χ2n) is 6.68. The van der Waals surface area contributed by atoms with Gasteiger partial charge in [-0.3, -0.25) is 0 Å². The highest BCUT2D eigenvalue weighted by Gasteiger charge is 2.41. The van der Waals surface area contributed by atoms with Gasteiger partial charge in [-0.2, -0.15) is 0 Å². The molecule has 2 heterocycles. The second-order valence-corrected chi connectivity index (χ2v) is 6.68. The third kappa shape index (κ3) is 2.39. The molecule has 1 saturated carbocycles. The van der Waals surface area contributed by atoms with Crippen molar-refractivity contribution in [2.75, 3.05) is 4.90 Å². The predicted octanol–water partition coefficient (Wildman–Crippen LogP) is 3.19. The van der Waals surface area contributed by atoms with Gasteiger partial charge in [0.2, 0.25) is 5.88 Å². The summed E-state index contributed by atoms with van der Waals surface area (Å²) in [5.74, 6) is 1.16. The number of aryl methyl sites for hydroxylation is 1. The van der Waals surface area contributed by atoms with Crippen LogP contribution in [0.5, 0.6) is 5.75 Å². The lowest BCUT2D eigenvalue weighted by Crippen LogP contribution is -2.37. The number of hydrogen-bond acceptors (Lipinski definition) is 5. The number of nitrogens with zero attached hydrogens (tertiary/aromatic N) is 1. The topological polar surface area (TPSA) is 50.8 Å². The quantitative estimate of drug-likeness (QED) is 0.807. The number of carbonyl (C=O) groups is 1. The molecule has 2 fully saturated rings. The van der Waals surface area contributed by atoms with E-state index in [2.05, 4.69) is 22.5 Å². The maximum atomic E-state index is 12.2. The zero-order valence-electron chi connectivity index (χ0n) is 13.6. The third-order valence-corrected chi connectivity index (χ3v) is 4.95. The van der Waals surface area contributed by atoms with E-state index in [9.17, 15) is 4.79 Å². The maximum absolute atomic E-state index is 12.2. The molecule has 23 heavy (non-hydrogen) atoms. The first-order chi connectivity index (χ1) is 11.1. The van der Waals surface area contributed by atoms with Crippen LogP contribution in [-0.2, 0) is 9.63 Å². The molecule has 0 bridgehead atoms.